The number of ketones is 1. The van der Waals surface area contributed by atoms with Crippen LogP contribution in [0.25, 0.3) is 11.1 Å². The van der Waals surface area contributed by atoms with Crippen LogP contribution in [-0.4, -0.2) is 54.9 Å². The minimum absolute atomic E-state index is 0.0648. The van der Waals surface area contributed by atoms with Crippen LogP contribution in [-0.2, 0) is 16.0 Å². The molecule has 5 rings (SSSR count). The van der Waals surface area contributed by atoms with Gasteiger partial charge in [0.25, 0.3) is 12.5 Å². The first-order chi connectivity index (χ1) is 19.4. The SMILES string of the molecule is COC(=O)c1ccc(O[C@@H](F)N2CCC[C@H]2C(=O)Cc2cc(OC)c3nc(Nc4ccccc4C)oc3c2)cc1. The van der Waals surface area contributed by atoms with Crippen LogP contribution in [0, 0.1) is 6.92 Å². The summed E-state index contributed by atoms with van der Waals surface area (Å²) in [6, 6.07) is 16.9. The summed E-state index contributed by atoms with van der Waals surface area (Å²) >= 11 is 0. The Kier molecular flexibility index (Phi) is 7.97. The van der Waals surface area contributed by atoms with Gasteiger partial charge in [0, 0.05) is 18.7 Å². The third kappa shape index (κ3) is 5.76. The summed E-state index contributed by atoms with van der Waals surface area (Å²) in [6.45, 7) is 0.549. The molecule has 0 amide bonds. The molecule has 1 aliphatic rings. The molecule has 4 aromatic rings. The largest absolute Gasteiger partial charge is 0.494 e. The number of hydrogen-bond acceptors (Lipinski definition) is 9. The van der Waals surface area contributed by atoms with Gasteiger partial charge in [-0.05, 0) is 73.4 Å². The Morgan fingerprint density at radius 3 is 2.65 bits per heavy atom. The molecule has 1 N–H and O–H groups in total. The number of aromatic nitrogens is 1. The summed E-state index contributed by atoms with van der Waals surface area (Å²) < 4.78 is 36.8. The van der Waals surface area contributed by atoms with Gasteiger partial charge in [0.2, 0.25) is 0 Å². The Morgan fingerprint density at radius 1 is 1.15 bits per heavy atom. The fraction of sp³-hybridized carbons (Fsp3) is 0.300. The number of carbonyl (C=O) groups excluding carboxylic acids is 2. The van der Waals surface area contributed by atoms with Gasteiger partial charge in [-0.15, -0.1) is 0 Å². The van der Waals surface area contributed by atoms with Crippen LogP contribution in [0.5, 0.6) is 11.5 Å². The number of halogens is 1. The number of anilines is 2. The van der Waals surface area contributed by atoms with E-state index in [9.17, 15) is 9.59 Å². The summed E-state index contributed by atoms with van der Waals surface area (Å²) in [5.74, 6) is 0.0950. The van der Waals surface area contributed by atoms with Gasteiger partial charge in [-0.2, -0.15) is 9.37 Å². The molecule has 9 nitrogen and oxygen atoms in total. The number of carbonyl (C=O) groups is 2. The molecule has 2 heterocycles. The number of para-hydroxylation sites is 1. The zero-order chi connectivity index (χ0) is 28.2. The Hall–Kier alpha value is -4.44. The molecule has 0 unspecified atom stereocenters. The number of hydrogen-bond donors (Lipinski definition) is 1. The number of benzene rings is 3. The molecule has 0 bridgehead atoms. The monoisotopic (exact) mass is 547 g/mol. The number of ether oxygens (including phenoxy) is 3. The molecule has 2 atom stereocenters. The maximum atomic E-state index is 15.2. The third-order valence-corrected chi connectivity index (χ3v) is 6.94. The van der Waals surface area contributed by atoms with Crippen molar-refractivity contribution in [1.29, 1.82) is 0 Å². The average molecular weight is 548 g/mol. The normalized spacial score (nSPS) is 16.1. The minimum atomic E-state index is -1.82. The maximum Gasteiger partial charge on any atom is 0.337 e. The number of oxazole rings is 1. The van der Waals surface area contributed by atoms with E-state index >= 15 is 4.39 Å². The lowest BCUT2D eigenvalue weighted by atomic mass is 10.0. The number of Topliss-reactive ketones (excluding diaryl/α,β-unsaturated/α-hetero) is 1. The number of esters is 1. The fourth-order valence-electron chi connectivity index (χ4n) is 4.86. The average Bonchev–Trinajstić information content (AvgIpc) is 3.61. The van der Waals surface area contributed by atoms with Gasteiger partial charge in [-0.1, -0.05) is 18.2 Å². The van der Waals surface area contributed by atoms with Crippen LogP contribution in [0.2, 0.25) is 0 Å². The second-order valence-electron chi connectivity index (χ2n) is 9.57. The van der Waals surface area contributed by atoms with Crippen molar-refractivity contribution in [2.75, 3.05) is 26.1 Å². The van der Waals surface area contributed by atoms with Crippen molar-refractivity contribution in [1.82, 2.24) is 9.88 Å². The molecule has 0 radical (unpaired) electrons. The molecule has 1 saturated heterocycles. The van der Waals surface area contributed by atoms with Gasteiger partial charge in [0.1, 0.15) is 11.5 Å². The highest BCUT2D eigenvalue weighted by Gasteiger charge is 2.36. The van der Waals surface area contributed by atoms with Crippen LogP contribution in [0.4, 0.5) is 16.1 Å². The molecule has 0 saturated carbocycles. The Morgan fingerprint density at radius 2 is 1.93 bits per heavy atom. The van der Waals surface area contributed by atoms with Crippen molar-refractivity contribution in [3.05, 3.63) is 77.4 Å². The van der Waals surface area contributed by atoms with E-state index in [1.54, 1.807) is 12.1 Å². The predicted octanol–water partition coefficient (Wildman–Crippen LogP) is 5.58. The third-order valence-electron chi connectivity index (χ3n) is 6.94. The highest BCUT2D eigenvalue weighted by molar-refractivity contribution is 5.90. The van der Waals surface area contributed by atoms with E-state index in [4.69, 9.17) is 13.9 Å². The number of aryl methyl sites for hydroxylation is 1. The lowest BCUT2D eigenvalue weighted by molar-refractivity contribution is -0.133. The number of likely N-dealkylation sites (tertiary alicyclic amines) is 1. The lowest BCUT2D eigenvalue weighted by Gasteiger charge is -2.27. The predicted molar refractivity (Wildman–Crippen MR) is 147 cm³/mol. The second-order valence-corrected chi connectivity index (χ2v) is 9.57. The van der Waals surface area contributed by atoms with Crippen LogP contribution in [0.15, 0.2) is 65.1 Å². The summed E-state index contributed by atoms with van der Waals surface area (Å²) in [5, 5.41) is 3.18. The van der Waals surface area contributed by atoms with Crippen molar-refractivity contribution >= 4 is 34.6 Å². The van der Waals surface area contributed by atoms with Gasteiger partial charge in [-0.3, -0.25) is 4.79 Å². The van der Waals surface area contributed by atoms with Crippen LogP contribution in [0.1, 0.15) is 34.3 Å². The molecule has 0 aliphatic carbocycles. The van der Waals surface area contributed by atoms with E-state index in [0.29, 0.717) is 53.4 Å². The van der Waals surface area contributed by atoms with E-state index in [1.807, 2.05) is 31.2 Å². The molecule has 1 aromatic heterocycles. The van der Waals surface area contributed by atoms with E-state index in [0.717, 1.165) is 11.3 Å². The van der Waals surface area contributed by atoms with Crippen LogP contribution < -0.4 is 14.8 Å². The van der Waals surface area contributed by atoms with Gasteiger partial charge in [0.05, 0.1) is 25.8 Å². The fourth-order valence-corrected chi connectivity index (χ4v) is 4.86. The molecule has 1 aliphatic heterocycles. The molecule has 1 fully saturated rings. The zero-order valence-electron chi connectivity index (χ0n) is 22.5. The molecule has 3 aromatic carbocycles. The molecular formula is C30H30FN3O6. The first-order valence-corrected chi connectivity index (χ1v) is 12.9. The molecule has 208 valence electrons. The minimum Gasteiger partial charge on any atom is -0.494 e. The van der Waals surface area contributed by atoms with E-state index in [2.05, 4.69) is 15.0 Å². The molecule has 10 heteroatoms. The Balaban J connectivity index is 1.28. The number of methoxy groups -OCH3 is 2. The first kappa shape index (κ1) is 27.1. The molecule has 0 spiro atoms. The second kappa shape index (κ2) is 11.7. The van der Waals surface area contributed by atoms with Crippen molar-refractivity contribution in [2.45, 2.75) is 38.7 Å². The number of nitrogens with zero attached hydrogens (tertiary/aromatic N) is 2. The maximum absolute atomic E-state index is 15.2. The zero-order valence-corrected chi connectivity index (χ0v) is 22.5. The van der Waals surface area contributed by atoms with Crippen molar-refractivity contribution < 1.29 is 32.6 Å². The van der Waals surface area contributed by atoms with Crippen molar-refractivity contribution in [3.8, 4) is 11.5 Å². The van der Waals surface area contributed by atoms with Crippen molar-refractivity contribution in [3.63, 3.8) is 0 Å². The standard InChI is InChI=1S/C30H30FN3O6/c1-18-7-4-5-8-22(18)32-30-33-27-25(37-2)16-19(17-26(27)40-30)15-24(35)23-9-6-14-34(23)29(31)39-21-12-10-20(11-13-21)28(36)38-3/h4-5,7-8,10-13,16-17,23,29H,6,9,14-15H2,1-3H3,(H,32,33)/t23-,29-/m0/s1. The summed E-state index contributed by atoms with van der Waals surface area (Å²) in [5.41, 5.74) is 3.92. The quantitative estimate of drug-likeness (QED) is 0.201. The lowest BCUT2D eigenvalue weighted by Crippen LogP contribution is -2.44. The summed E-state index contributed by atoms with van der Waals surface area (Å²) in [7, 11) is 2.82. The topological polar surface area (TPSA) is 103 Å². The summed E-state index contributed by atoms with van der Waals surface area (Å²) in [6.07, 6.45) is 1.26. The smallest absolute Gasteiger partial charge is 0.337 e. The van der Waals surface area contributed by atoms with Crippen LogP contribution >= 0.6 is 0 Å². The van der Waals surface area contributed by atoms with E-state index in [1.165, 1.54) is 43.4 Å². The number of nitrogens with one attached hydrogen (secondary N) is 1. The Bertz CT molecular complexity index is 1520. The van der Waals surface area contributed by atoms with E-state index < -0.39 is 18.5 Å². The van der Waals surface area contributed by atoms with Gasteiger partial charge >= 0.3 is 5.97 Å². The highest BCUT2D eigenvalue weighted by atomic mass is 19.1. The van der Waals surface area contributed by atoms with Crippen LogP contribution in [0.3, 0.4) is 0 Å². The van der Waals surface area contributed by atoms with Gasteiger partial charge in [0.15, 0.2) is 16.9 Å². The molecule has 40 heavy (non-hydrogen) atoms. The Labute approximate surface area is 230 Å². The number of rotatable bonds is 10. The van der Waals surface area contributed by atoms with Gasteiger partial charge in [-0.25, -0.2) is 9.69 Å². The van der Waals surface area contributed by atoms with Crippen molar-refractivity contribution in [2.24, 2.45) is 0 Å². The summed E-state index contributed by atoms with van der Waals surface area (Å²) in [4.78, 5) is 30.9. The highest BCUT2D eigenvalue weighted by Crippen LogP contribution is 2.32. The first-order valence-electron chi connectivity index (χ1n) is 12.9. The van der Waals surface area contributed by atoms with E-state index in [-0.39, 0.29) is 18.0 Å². The number of alkyl halides is 1. The van der Waals surface area contributed by atoms with Gasteiger partial charge < -0.3 is 23.9 Å². The number of fused-ring (bicyclic) bond motifs is 1. The molecular weight excluding hydrogens is 517 g/mol.